The maximum Gasteiger partial charge on any atom is 0.0894 e. The number of hydrazine groups is 1. The molecule has 0 aliphatic carbocycles. The van der Waals surface area contributed by atoms with Gasteiger partial charge in [-0.2, -0.15) is 0 Å². The van der Waals surface area contributed by atoms with Crippen molar-refractivity contribution < 1.29 is 0 Å². The van der Waals surface area contributed by atoms with Crippen LogP contribution in [0.25, 0.3) is 0 Å². The Balaban J connectivity index is 2.45. The lowest BCUT2D eigenvalue weighted by atomic mass is 10.00. The van der Waals surface area contributed by atoms with E-state index in [2.05, 4.69) is 47.8 Å². The number of nitrogens with two attached hydrogens (primary N) is 1. The van der Waals surface area contributed by atoms with Crippen LogP contribution in [0.15, 0.2) is 24.4 Å². The van der Waals surface area contributed by atoms with Crippen molar-refractivity contribution in [3.8, 4) is 0 Å². The van der Waals surface area contributed by atoms with Crippen molar-refractivity contribution in [3.05, 3.63) is 46.8 Å². The van der Waals surface area contributed by atoms with E-state index in [9.17, 15) is 0 Å². The van der Waals surface area contributed by atoms with Gasteiger partial charge in [0.05, 0.1) is 17.9 Å². The van der Waals surface area contributed by atoms with Crippen molar-refractivity contribution in [2.45, 2.75) is 19.9 Å². The Kier molecular flexibility index (Phi) is 3.21. The summed E-state index contributed by atoms with van der Waals surface area (Å²) < 4.78 is 1.72. The molecule has 1 heterocycles. The molecule has 0 bridgehead atoms. The summed E-state index contributed by atoms with van der Waals surface area (Å²) in [5.41, 5.74) is 7.31. The van der Waals surface area contributed by atoms with Crippen LogP contribution in [-0.4, -0.2) is 15.0 Å². The highest BCUT2D eigenvalue weighted by atomic mass is 15.4. The topological polar surface area (TPSA) is 68.8 Å². The molecule has 0 saturated heterocycles. The van der Waals surface area contributed by atoms with E-state index in [4.69, 9.17) is 5.84 Å². The minimum absolute atomic E-state index is 0.0893. The fraction of sp³-hybridized carbons (Fsp3) is 0.333. The average Bonchev–Trinajstić information content (AvgIpc) is 2.65. The lowest BCUT2D eigenvalue weighted by Gasteiger charge is -2.17. The number of nitrogens with zero attached hydrogens (tertiary/aromatic N) is 3. The molecule has 5 heteroatoms. The van der Waals surface area contributed by atoms with Gasteiger partial charge in [0.25, 0.3) is 0 Å². The van der Waals surface area contributed by atoms with Crippen LogP contribution in [0.4, 0.5) is 0 Å². The molecular formula is C12H17N5. The van der Waals surface area contributed by atoms with Gasteiger partial charge in [-0.05, 0) is 19.4 Å². The standard InChI is InChI=1S/C12H17N5/c1-8-4-9(2)6-10(5-8)12(15-13)11-7-14-16-17(11)3/h4-7,12,15H,13H2,1-3H3. The Hall–Kier alpha value is -1.72. The van der Waals surface area contributed by atoms with E-state index < -0.39 is 0 Å². The number of aromatic nitrogens is 3. The molecule has 2 aromatic rings. The van der Waals surface area contributed by atoms with Crippen LogP contribution in [0.5, 0.6) is 0 Å². The number of hydrogen-bond acceptors (Lipinski definition) is 4. The van der Waals surface area contributed by atoms with Crippen LogP contribution in [-0.2, 0) is 7.05 Å². The second kappa shape index (κ2) is 4.65. The van der Waals surface area contributed by atoms with Gasteiger partial charge in [-0.1, -0.05) is 34.5 Å². The predicted molar refractivity (Wildman–Crippen MR) is 66.1 cm³/mol. The summed E-state index contributed by atoms with van der Waals surface area (Å²) in [6.45, 7) is 4.15. The third kappa shape index (κ3) is 2.35. The smallest absolute Gasteiger partial charge is 0.0894 e. The van der Waals surface area contributed by atoms with E-state index in [1.54, 1.807) is 10.9 Å². The van der Waals surface area contributed by atoms with Crippen LogP contribution in [0, 0.1) is 13.8 Å². The largest absolute Gasteiger partial charge is 0.271 e. The van der Waals surface area contributed by atoms with Gasteiger partial charge in [-0.25, -0.2) is 5.43 Å². The lowest BCUT2D eigenvalue weighted by molar-refractivity contribution is 0.570. The van der Waals surface area contributed by atoms with E-state index in [1.165, 1.54) is 11.1 Å². The maximum atomic E-state index is 5.65. The quantitative estimate of drug-likeness (QED) is 0.610. The SMILES string of the molecule is Cc1cc(C)cc(C(NN)c2cnnn2C)c1. The second-order valence-corrected chi connectivity index (χ2v) is 4.30. The van der Waals surface area contributed by atoms with Crippen LogP contribution < -0.4 is 11.3 Å². The summed E-state index contributed by atoms with van der Waals surface area (Å²) in [6.07, 6.45) is 1.72. The first kappa shape index (κ1) is 11.8. The highest BCUT2D eigenvalue weighted by molar-refractivity contribution is 5.34. The van der Waals surface area contributed by atoms with Gasteiger partial charge in [0.2, 0.25) is 0 Å². The number of hydrogen-bond donors (Lipinski definition) is 2. The average molecular weight is 231 g/mol. The first-order valence-corrected chi connectivity index (χ1v) is 5.50. The van der Waals surface area contributed by atoms with Crippen LogP contribution in [0.2, 0.25) is 0 Å². The van der Waals surface area contributed by atoms with Gasteiger partial charge < -0.3 is 0 Å². The van der Waals surface area contributed by atoms with Crippen LogP contribution in [0.1, 0.15) is 28.4 Å². The summed E-state index contributed by atoms with van der Waals surface area (Å²) in [7, 11) is 1.86. The zero-order chi connectivity index (χ0) is 12.4. The van der Waals surface area contributed by atoms with E-state index >= 15 is 0 Å². The van der Waals surface area contributed by atoms with Crippen molar-refractivity contribution in [1.29, 1.82) is 0 Å². The molecule has 90 valence electrons. The molecule has 17 heavy (non-hydrogen) atoms. The van der Waals surface area contributed by atoms with Gasteiger partial charge in [-0.3, -0.25) is 10.5 Å². The van der Waals surface area contributed by atoms with E-state index in [0.717, 1.165) is 11.3 Å². The summed E-state index contributed by atoms with van der Waals surface area (Å²) >= 11 is 0. The molecule has 1 aromatic heterocycles. The molecule has 3 N–H and O–H groups in total. The van der Waals surface area contributed by atoms with Crippen molar-refractivity contribution in [2.75, 3.05) is 0 Å². The zero-order valence-corrected chi connectivity index (χ0v) is 10.3. The molecule has 1 aromatic carbocycles. The van der Waals surface area contributed by atoms with Gasteiger partial charge in [0.15, 0.2) is 0 Å². The highest BCUT2D eigenvalue weighted by Gasteiger charge is 2.16. The van der Waals surface area contributed by atoms with E-state index in [0.29, 0.717) is 0 Å². The Morgan fingerprint density at radius 2 is 1.88 bits per heavy atom. The second-order valence-electron chi connectivity index (χ2n) is 4.30. The van der Waals surface area contributed by atoms with Gasteiger partial charge in [0, 0.05) is 7.05 Å². The Bertz CT molecular complexity index is 497. The third-order valence-corrected chi connectivity index (χ3v) is 2.79. The number of benzene rings is 1. The van der Waals surface area contributed by atoms with E-state index in [-0.39, 0.29) is 6.04 Å². The predicted octanol–water partition coefficient (Wildman–Crippen LogP) is 0.985. The molecule has 0 aliphatic heterocycles. The molecule has 1 unspecified atom stereocenters. The molecular weight excluding hydrogens is 214 g/mol. The van der Waals surface area contributed by atoms with Crippen molar-refractivity contribution in [1.82, 2.24) is 20.4 Å². The first-order chi connectivity index (χ1) is 8.11. The Morgan fingerprint density at radius 1 is 1.24 bits per heavy atom. The monoisotopic (exact) mass is 231 g/mol. The van der Waals surface area contributed by atoms with Gasteiger partial charge in [-0.15, -0.1) is 5.10 Å². The minimum Gasteiger partial charge on any atom is -0.271 e. The normalized spacial score (nSPS) is 12.7. The minimum atomic E-state index is -0.0893. The lowest BCUT2D eigenvalue weighted by Crippen LogP contribution is -2.30. The molecule has 2 rings (SSSR count). The maximum absolute atomic E-state index is 5.65. The van der Waals surface area contributed by atoms with Crippen molar-refractivity contribution in [2.24, 2.45) is 12.9 Å². The summed E-state index contributed by atoms with van der Waals surface area (Å²) in [5, 5.41) is 7.81. The zero-order valence-electron chi connectivity index (χ0n) is 10.3. The number of rotatable bonds is 3. The molecule has 0 amide bonds. The first-order valence-electron chi connectivity index (χ1n) is 5.50. The van der Waals surface area contributed by atoms with Crippen LogP contribution in [0.3, 0.4) is 0 Å². The fourth-order valence-electron chi connectivity index (χ4n) is 2.09. The van der Waals surface area contributed by atoms with Crippen molar-refractivity contribution in [3.63, 3.8) is 0 Å². The molecule has 5 nitrogen and oxygen atoms in total. The van der Waals surface area contributed by atoms with E-state index in [1.807, 2.05) is 7.05 Å². The van der Waals surface area contributed by atoms with Gasteiger partial charge in [0.1, 0.15) is 0 Å². The summed E-state index contributed by atoms with van der Waals surface area (Å²) in [4.78, 5) is 0. The fourth-order valence-corrected chi connectivity index (χ4v) is 2.09. The molecule has 1 atom stereocenters. The summed E-state index contributed by atoms with van der Waals surface area (Å²) in [6, 6.07) is 6.28. The Labute approximate surface area is 101 Å². The molecule has 0 saturated carbocycles. The summed E-state index contributed by atoms with van der Waals surface area (Å²) in [5.74, 6) is 5.65. The molecule has 0 fully saturated rings. The van der Waals surface area contributed by atoms with Crippen LogP contribution >= 0.6 is 0 Å². The van der Waals surface area contributed by atoms with Gasteiger partial charge >= 0.3 is 0 Å². The molecule has 0 spiro atoms. The number of aryl methyl sites for hydroxylation is 3. The molecule has 0 aliphatic rings. The Morgan fingerprint density at radius 3 is 2.35 bits per heavy atom. The number of nitrogens with one attached hydrogen (secondary N) is 1. The van der Waals surface area contributed by atoms with Crippen molar-refractivity contribution >= 4 is 0 Å². The highest BCUT2D eigenvalue weighted by Crippen LogP contribution is 2.22. The molecule has 0 radical (unpaired) electrons. The third-order valence-electron chi connectivity index (χ3n) is 2.79.